The Bertz CT molecular complexity index is 439. The molecule has 5 heteroatoms. The van der Waals surface area contributed by atoms with Gasteiger partial charge in [-0.15, -0.1) is 0 Å². The van der Waals surface area contributed by atoms with Crippen LogP contribution in [-0.2, 0) is 9.59 Å². The maximum Gasteiger partial charge on any atom is 0.224 e. The molecule has 0 aliphatic rings. The molecular formula is C15H23N3O2. The van der Waals surface area contributed by atoms with E-state index in [1.54, 1.807) is 0 Å². The predicted molar refractivity (Wildman–Crippen MR) is 81.8 cm³/mol. The fourth-order valence-corrected chi connectivity index (χ4v) is 1.92. The largest absolute Gasteiger partial charge is 0.385 e. The van der Waals surface area contributed by atoms with Gasteiger partial charge >= 0.3 is 0 Å². The molecule has 1 aromatic carbocycles. The molecule has 0 saturated heterocycles. The first kappa shape index (κ1) is 16.0. The molecule has 5 nitrogen and oxygen atoms in total. The van der Waals surface area contributed by atoms with E-state index in [4.69, 9.17) is 0 Å². The van der Waals surface area contributed by atoms with Crippen molar-refractivity contribution in [1.29, 1.82) is 0 Å². The van der Waals surface area contributed by atoms with E-state index < -0.39 is 0 Å². The summed E-state index contributed by atoms with van der Waals surface area (Å²) in [6, 6.07) is 7.42. The fraction of sp³-hybridized carbons (Fsp3) is 0.467. The van der Waals surface area contributed by atoms with Crippen LogP contribution >= 0.6 is 0 Å². The highest BCUT2D eigenvalue weighted by Crippen LogP contribution is 2.13. The summed E-state index contributed by atoms with van der Waals surface area (Å²) in [6.45, 7) is 7.55. The van der Waals surface area contributed by atoms with Crippen LogP contribution in [0.25, 0.3) is 0 Å². The summed E-state index contributed by atoms with van der Waals surface area (Å²) in [5.74, 6) is 0.0768. The van der Waals surface area contributed by atoms with Crippen LogP contribution in [0.15, 0.2) is 24.3 Å². The standard InChI is InChI=1S/C15H23N3O2/c1-4-18(5-2)15(20)10-11-16-13-6-8-14(9-7-13)17-12(3)19/h6-9,16H,4-5,10-11H2,1-3H3,(H,17,19). The number of anilines is 2. The molecule has 1 rings (SSSR count). The smallest absolute Gasteiger partial charge is 0.224 e. The number of hydrogen-bond donors (Lipinski definition) is 2. The Morgan fingerprint density at radius 3 is 2.10 bits per heavy atom. The van der Waals surface area contributed by atoms with Crippen LogP contribution in [0.4, 0.5) is 11.4 Å². The van der Waals surface area contributed by atoms with Crippen molar-refractivity contribution in [3.05, 3.63) is 24.3 Å². The number of rotatable bonds is 7. The summed E-state index contributed by atoms with van der Waals surface area (Å²) in [5, 5.41) is 5.91. The highest BCUT2D eigenvalue weighted by molar-refractivity contribution is 5.88. The lowest BCUT2D eigenvalue weighted by Crippen LogP contribution is -2.31. The van der Waals surface area contributed by atoms with E-state index in [0.717, 1.165) is 24.5 Å². The number of carbonyl (C=O) groups excluding carboxylic acids is 2. The van der Waals surface area contributed by atoms with Gasteiger partial charge in [0.05, 0.1) is 0 Å². The van der Waals surface area contributed by atoms with Crippen molar-refractivity contribution in [2.24, 2.45) is 0 Å². The molecule has 0 atom stereocenters. The Hall–Kier alpha value is -2.04. The zero-order valence-corrected chi connectivity index (χ0v) is 12.4. The van der Waals surface area contributed by atoms with Gasteiger partial charge in [-0.1, -0.05) is 0 Å². The minimum Gasteiger partial charge on any atom is -0.385 e. The van der Waals surface area contributed by atoms with E-state index in [1.165, 1.54) is 6.92 Å². The van der Waals surface area contributed by atoms with Crippen molar-refractivity contribution in [3.63, 3.8) is 0 Å². The summed E-state index contributed by atoms with van der Waals surface area (Å²) in [7, 11) is 0. The molecule has 20 heavy (non-hydrogen) atoms. The average molecular weight is 277 g/mol. The maximum absolute atomic E-state index is 11.8. The second-order valence-electron chi connectivity index (χ2n) is 4.50. The number of amides is 2. The minimum atomic E-state index is -0.0875. The monoisotopic (exact) mass is 277 g/mol. The first-order valence-electron chi connectivity index (χ1n) is 6.96. The van der Waals surface area contributed by atoms with Gasteiger partial charge in [0.2, 0.25) is 11.8 Å². The van der Waals surface area contributed by atoms with Gasteiger partial charge in [-0.25, -0.2) is 0 Å². The van der Waals surface area contributed by atoms with Crippen LogP contribution < -0.4 is 10.6 Å². The molecule has 0 aromatic heterocycles. The van der Waals surface area contributed by atoms with E-state index in [1.807, 2.05) is 43.0 Å². The molecule has 0 unspecified atom stereocenters. The molecule has 0 spiro atoms. The first-order valence-corrected chi connectivity index (χ1v) is 6.96. The number of nitrogens with one attached hydrogen (secondary N) is 2. The quantitative estimate of drug-likeness (QED) is 0.804. The first-order chi connectivity index (χ1) is 9.56. The van der Waals surface area contributed by atoms with Crippen LogP contribution in [0, 0.1) is 0 Å². The number of hydrogen-bond acceptors (Lipinski definition) is 3. The molecule has 0 radical (unpaired) electrons. The fourth-order valence-electron chi connectivity index (χ4n) is 1.92. The molecule has 0 aliphatic carbocycles. The number of carbonyl (C=O) groups is 2. The summed E-state index contributed by atoms with van der Waals surface area (Å²) in [6.07, 6.45) is 0.481. The maximum atomic E-state index is 11.8. The van der Waals surface area contributed by atoms with Crippen molar-refractivity contribution in [3.8, 4) is 0 Å². The topological polar surface area (TPSA) is 61.4 Å². The van der Waals surface area contributed by atoms with E-state index in [-0.39, 0.29) is 11.8 Å². The highest BCUT2D eigenvalue weighted by atomic mass is 16.2. The summed E-state index contributed by atoms with van der Waals surface area (Å²) >= 11 is 0. The zero-order valence-electron chi connectivity index (χ0n) is 12.4. The zero-order chi connectivity index (χ0) is 15.0. The van der Waals surface area contributed by atoms with Crippen molar-refractivity contribution in [2.75, 3.05) is 30.3 Å². The molecule has 0 heterocycles. The number of benzene rings is 1. The van der Waals surface area contributed by atoms with Crippen LogP contribution in [0.1, 0.15) is 27.2 Å². The van der Waals surface area contributed by atoms with Crippen molar-refractivity contribution < 1.29 is 9.59 Å². The molecule has 2 N–H and O–H groups in total. The lowest BCUT2D eigenvalue weighted by Gasteiger charge is -2.18. The Morgan fingerprint density at radius 1 is 1.05 bits per heavy atom. The van der Waals surface area contributed by atoms with Crippen LogP contribution in [0.3, 0.4) is 0 Å². The van der Waals surface area contributed by atoms with Gasteiger partial charge in [-0.05, 0) is 38.1 Å². The molecular weight excluding hydrogens is 254 g/mol. The van der Waals surface area contributed by atoms with Gasteiger partial charge in [0.15, 0.2) is 0 Å². The summed E-state index contributed by atoms with van der Waals surface area (Å²) < 4.78 is 0. The van der Waals surface area contributed by atoms with Crippen molar-refractivity contribution >= 4 is 23.2 Å². The van der Waals surface area contributed by atoms with Gasteiger partial charge in [0.1, 0.15) is 0 Å². The number of nitrogens with zero attached hydrogens (tertiary/aromatic N) is 1. The lowest BCUT2D eigenvalue weighted by atomic mass is 10.2. The van der Waals surface area contributed by atoms with Crippen LogP contribution in [-0.4, -0.2) is 36.3 Å². The van der Waals surface area contributed by atoms with Crippen LogP contribution in [0.2, 0.25) is 0 Å². The third kappa shape index (κ3) is 5.30. The van der Waals surface area contributed by atoms with Gasteiger partial charge < -0.3 is 15.5 Å². The third-order valence-electron chi connectivity index (χ3n) is 2.99. The third-order valence-corrected chi connectivity index (χ3v) is 2.99. The molecule has 2 amide bonds. The van der Waals surface area contributed by atoms with Crippen molar-refractivity contribution in [2.45, 2.75) is 27.2 Å². The molecule has 0 bridgehead atoms. The summed E-state index contributed by atoms with van der Waals surface area (Å²) in [5.41, 5.74) is 1.70. The van der Waals surface area contributed by atoms with Crippen LogP contribution in [0.5, 0.6) is 0 Å². The summed E-state index contributed by atoms with van der Waals surface area (Å²) in [4.78, 5) is 24.5. The van der Waals surface area contributed by atoms with Crippen molar-refractivity contribution in [1.82, 2.24) is 4.90 Å². The van der Waals surface area contributed by atoms with E-state index in [9.17, 15) is 9.59 Å². The van der Waals surface area contributed by atoms with E-state index in [0.29, 0.717) is 13.0 Å². The van der Waals surface area contributed by atoms with Gasteiger partial charge in [-0.3, -0.25) is 9.59 Å². The minimum absolute atomic E-state index is 0.0875. The molecule has 1 aromatic rings. The Morgan fingerprint density at radius 2 is 1.60 bits per heavy atom. The highest BCUT2D eigenvalue weighted by Gasteiger charge is 2.08. The Balaban J connectivity index is 2.38. The molecule has 0 saturated carbocycles. The SMILES string of the molecule is CCN(CC)C(=O)CCNc1ccc(NC(C)=O)cc1. The molecule has 0 aliphatic heterocycles. The van der Waals surface area contributed by atoms with Gasteiger partial charge in [0, 0.05) is 44.4 Å². The molecule has 0 fully saturated rings. The molecule has 110 valence electrons. The average Bonchev–Trinajstić information content (AvgIpc) is 2.41. The van der Waals surface area contributed by atoms with Gasteiger partial charge in [-0.2, -0.15) is 0 Å². The van der Waals surface area contributed by atoms with E-state index in [2.05, 4.69) is 10.6 Å². The lowest BCUT2D eigenvalue weighted by molar-refractivity contribution is -0.130. The van der Waals surface area contributed by atoms with E-state index >= 15 is 0 Å². The second-order valence-corrected chi connectivity index (χ2v) is 4.50. The predicted octanol–water partition coefficient (Wildman–Crippen LogP) is 2.32. The van der Waals surface area contributed by atoms with Gasteiger partial charge in [0.25, 0.3) is 0 Å². The Labute approximate surface area is 120 Å². The Kier molecular flexibility index (Phi) is 6.56. The normalized spacial score (nSPS) is 9.95. The second kappa shape index (κ2) is 8.19.